The Kier molecular flexibility index (Phi) is 5.03. The van der Waals surface area contributed by atoms with E-state index in [-0.39, 0.29) is 11.6 Å². The standard InChI is InChI=1S/C17H16N2O3/c1-2-18-17(20)16(14-6-4-3-5-7-14)12-13-8-10-15(11-9-13)19(21)22/h3-12H,2H2,1H3,(H,18,20)/b16-12+. The van der Waals surface area contributed by atoms with Gasteiger partial charge in [0.05, 0.1) is 4.92 Å². The van der Waals surface area contributed by atoms with Crippen LogP contribution >= 0.6 is 0 Å². The van der Waals surface area contributed by atoms with Crippen molar-refractivity contribution in [3.05, 3.63) is 75.8 Å². The number of amides is 1. The van der Waals surface area contributed by atoms with Gasteiger partial charge >= 0.3 is 0 Å². The van der Waals surface area contributed by atoms with Gasteiger partial charge in [-0.1, -0.05) is 30.3 Å². The predicted molar refractivity (Wildman–Crippen MR) is 86.1 cm³/mol. The number of hydrogen-bond acceptors (Lipinski definition) is 3. The molecule has 0 unspecified atom stereocenters. The fourth-order valence-electron chi connectivity index (χ4n) is 2.01. The predicted octanol–water partition coefficient (Wildman–Crippen LogP) is 3.27. The number of nitrogens with one attached hydrogen (secondary N) is 1. The fraction of sp³-hybridized carbons (Fsp3) is 0.118. The number of likely N-dealkylation sites (N-methyl/N-ethyl adjacent to an activating group) is 1. The first-order valence-corrected chi connectivity index (χ1v) is 6.91. The Labute approximate surface area is 128 Å². The van der Waals surface area contributed by atoms with Gasteiger partial charge in [0, 0.05) is 24.3 Å². The number of non-ortho nitro benzene ring substituents is 1. The second kappa shape index (κ2) is 7.17. The molecule has 5 heteroatoms. The van der Waals surface area contributed by atoms with E-state index in [0.29, 0.717) is 12.1 Å². The molecule has 0 saturated carbocycles. The van der Waals surface area contributed by atoms with E-state index < -0.39 is 4.92 Å². The van der Waals surface area contributed by atoms with Gasteiger partial charge in [0.15, 0.2) is 0 Å². The van der Waals surface area contributed by atoms with Crippen LogP contribution < -0.4 is 5.32 Å². The summed E-state index contributed by atoms with van der Waals surface area (Å²) < 4.78 is 0. The van der Waals surface area contributed by atoms with Crippen LogP contribution in [-0.2, 0) is 4.79 Å². The van der Waals surface area contributed by atoms with Gasteiger partial charge in [0.2, 0.25) is 0 Å². The highest BCUT2D eigenvalue weighted by molar-refractivity contribution is 6.24. The van der Waals surface area contributed by atoms with E-state index in [0.717, 1.165) is 11.1 Å². The molecule has 2 rings (SSSR count). The molecule has 0 aliphatic rings. The summed E-state index contributed by atoms with van der Waals surface area (Å²) in [5.74, 6) is -0.174. The number of rotatable bonds is 5. The number of carbonyl (C=O) groups is 1. The van der Waals surface area contributed by atoms with Crippen LogP contribution in [-0.4, -0.2) is 17.4 Å². The first-order valence-electron chi connectivity index (χ1n) is 6.91. The second-order valence-electron chi connectivity index (χ2n) is 4.63. The first-order chi connectivity index (χ1) is 10.6. The van der Waals surface area contributed by atoms with Crippen molar-refractivity contribution < 1.29 is 9.72 Å². The Hall–Kier alpha value is -2.95. The van der Waals surface area contributed by atoms with Crippen LogP contribution in [0, 0.1) is 10.1 Å². The lowest BCUT2D eigenvalue weighted by molar-refractivity contribution is -0.384. The number of benzene rings is 2. The highest BCUT2D eigenvalue weighted by Gasteiger charge is 2.11. The molecule has 0 atom stereocenters. The van der Waals surface area contributed by atoms with E-state index in [4.69, 9.17) is 0 Å². The number of nitrogens with zero attached hydrogens (tertiary/aromatic N) is 1. The van der Waals surface area contributed by atoms with Crippen LogP contribution in [0.5, 0.6) is 0 Å². The van der Waals surface area contributed by atoms with E-state index >= 15 is 0 Å². The number of carbonyl (C=O) groups excluding carboxylic acids is 1. The van der Waals surface area contributed by atoms with Gasteiger partial charge in [-0.05, 0) is 36.3 Å². The summed E-state index contributed by atoms with van der Waals surface area (Å²) in [6.07, 6.45) is 1.73. The maximum Gasteiger partial charge on any atom is 0.269 e. The largest absolute Gasteiger partial charge is 0.352 e. The zero-order chi connectivity index (χ0) is 15.9. The van der Waals surface area contributed by atoms with Gasteiger partial charge < -0.3 is 5.32 Å². The molecule has 0 bridgehead atoms. The highest BCUT2D eigenvalue weighted by atomic mass is 16.6. The quantitative estimate of drug-likeness (QED) is 0.398. The van der Waals surface area contributed by atoms with Crippen LogP contribution in [0.1, 0.15) is 18.1 Å². The Morgan fingerprint density at radius 1 is 1.14 bits per heavy atom. The summed E-state index contributed by atoms with van der Waals surface area (Å²) >= 11 is 0. The molecule has 2 aromatic rings. The zero-order valence-corrected chi connectivity index (χ0v) is 12.2. The Balaban J connectivity index is 2.39. The van der Waals surface area contributed by atoms with E-state index in [1.165, 1.54) is 12.1 Å². The minimum Gasteiger partial charge on any atom is -0.352 e. The van der Waals surface area contributed by atoms with Crippen LogP contribution in [0.3, 0.4) is 0 Å². The third-order valence-electron chi connectivity index (χ3n) is 3.08. The highest BCUT2D eigenvalue weighted by Crippen LogP contribution is 2.20. The van der Waals surface area contributed by atoms with Crippen molar-refractivity contribution in [2.75, 3.05) is 6.54 Å². The molecule has 1 amide bonds. The summed E-state index contributed by atoms with van der Waals surface area (Å²) in [7, 11) is 0. The van der Waals surface area contributed by atoms with E-state index in [1.807, 2.05) is 37.3 Å². The molecule has 0 aromatic heterocycles. The third-order valence-corrected chi connectivity index (χ3v) is 3.08. The van der Waals surface area contributed by atoms with Crippen molar-refractivity contribution in [1.82, 2.24) is 5.32 Å². The van der Waals surface area contributed by atoms with Gasteiger partial charge in [0.25, 0.3) is 11.6 Å². The topological polar surface area (TPSA) is 72.2 Å². The fourth-order valence-corrected chi connectivity index (χ4v) is 2.01. The lowest BCUT2D eigenvalue weighted by atomic mass is 10.0. The summed E-state index contributed by atoms with van der Waals surface area (Å²) in [4.78, 5) is 22.5. The minimum atomic E-state index is -0.449. The van der Waals surface area contributed by atoms with E-state index in [9.17, 15) is 14.9 Å². The number of nitro groups is 1. The summed E-state index contributed by atoms with van der Waals surface area (Å²) in [6, 6.07) is 15.4. The van der Waals surface area contributed by atoms with E-state index in [1.54, 1.807) is 18.2 Å². The van der Waals surface area contributed by atoms with Crippen LogP contribution in [0.25, 0.3) is 11.6 Å². The smallest absolute Gasteiger partial charge is 0.269 e. The molecule has 0 aliphatic carbocycles. The van der Waals surface area contributed by atoms with Gasteiger partial charge in [-0.2, -0.15) is 0 Å². The monoisotopic (exact) mass is 296 g/mol. The second-order valence-corrected chi connectivity index (χ2v) is 4.63. The lowest BCUT2D eigenvalue weighted by Crippen LogP contribution is -2.23. The van der Waals surface area contributed by atoms with Crippen molar-refractivity contribution in [3.8, 4) is 0 Å². The number of nitro benzene ring substituents is 1. The van der Waals surface area contributed by atoms with Gasteiger partial charge in [-0.15, -0.1) is 0 Å². The zero-order valence-electron chi connectivity index (χ0n) is 12.2. The van der Waals surface area contributed by atoms with Crippen molar-refractivity contribution in [2.45, 2.75) is 6.92 Å². The summed E-state index contributed by atoms with van der Waals surface area (Å²) in [5.41, 5.74) is 2.08. The molecule has 5 nitrogen and oxygen atoms in total. The molecule has 2 aromatic carbocycles. The average molecular weight is 296 g/mol. The Bertz CT molecular complexity index is 692. The Morgan fingerprint density at radius 3 is 2.32 bits per heavy atom. The summed E-state index contributed by atoms with van der Waals surface area (Å²) in [6.45, 7) is 2.38. The molecular weight excluding hydrogens is 280 g/mol. The minimum absolute atomic E-state index is 0.0245. The van der Waals surface area contributed by atoms with Crippen LogP contribution in [0.4, 0.5) is 5.69 Å². The van der Waals surface area contributed by atoms with E-state index in [2.05, 4.69) is 5.32 Å². The molecule has 0 radical (unpaired) electrons. The maximum absolute atomic E-state index is 12.2. The number of hydrogen-bond donors (Lipinski definition) is 1. The lowest BCUT2D eigenvalue weighted by Gasteiger charge is -2.08. The molecule has 0 spiro atoms. The van der Waals surface area contributed by atoms with Gasteiger partial charge in [-0.3, -0.25) is 14.9 Å². The van der Waals surface area contributed by atoms with Crippen molar-refractivity contribution in [1.29, 1.82) is 0 Å². The molecule has 1 N–H and O–H groups in total. The molecule has 0 saturated heterocycles. The normalized spacial score (nSPS) is 11.0. The van der Waals surface area contributed by atoms with Gasteiger partial charge in [0.1, 0.15) is 0 Å². The molecule has 112 valence electrons. The third kappa shape index (κ3) is 3.79. The van der Waals surface area contributed by atoms with Gasteiger partial charge in [-0.25, -0.2) is 0 Å². The molecule has 22 heavy (non-hydrogen) atoms. The van der Waals surface area contributed by atoms with Crippen molar-refractivity contribution >= 4 is 23.2 Å². The van der Waals surface area contributed by atoms with Crippen LogP contribution in [0.2, 0.25) is 0 Å². The molecule has 0 aliphatic heterocycles. The molecule has 0 heterocycles. The summed E-state index contributed by atoms with van der Waals surface area (Å²) in [5, 5.41) is 13.5. The maximum atomic E-state index is 12.2. The van der Waals surface area contributed by atoms with Crippen molar-refractivity contribution in [2.24, 2.45) is 0 Å². The SMILES string of the molecule is CCNC(=O)/C(=C/c1ccc([N+](=O)[O-])cc1)c1ccccc1. The molecular formula is C17H16N2O3. The van der Waals surface area contributed by atoms with Crippen LogP contribution in [0.15, 0.2) is 54.6 Å². The molecule has 0 fully saturated rings. The first kappa shape index (κ1) is 15.4. The Morgan fingerprint density at radius 2 is 1.77 bits per heavy atom. The van der Waals surface area contributed by atoms with Crippen molar-refractivity contribution in [3.63, 3.8) is 0 Å². The average Bonchev–Trinajstić information content (AvgIpc) is 2.54.